The van der Waals surface area contributed by atoms with E-state index in [0.29, 0.717) is 16.5 Å². The van der Waals surface area contributed by atoms with Crippen molar-refractivity contribution >= 4 is 28.9 Å². The third-order valence-corrected chi connectivity index (χ3v) is 3.44. The van der Waals surface area contributed by atoms with Crippen LogP contribution in [0.1, 0.15) is 12.5 Å². The van der Waals surface area contributed by atoms with Crippen LogP contribution in [0.5, 0.6) is 5.75 Å². The zero-order valence-electron chi connectivity index (χ0n) is 12.6. The number of benzene rings is 2. The summed E-state index contributed by atoms with van der Waals surface area (Å²) >= 11 is 5.79. The summed E-state index contributed by atoms with van der Waals surface area (Å²) in [6.45, 7) is 3.35. The van der Waals surface area contributed by atoms with Gasteiger partial charge in [0.15, 0.2) is 6.10 Å². The molecule has 0 aromatic heterocycles. The standard InChI is InChI=1S/C16H15ClN2O4/c1-10-3-6-13(19(21)22)9-15(10)18-16(20)11(2)23-14-7-4-12(17)5-8-14/h3-9,11H,1-2H3,(H,18,20)/t11-/m0/s1. The summed E-state index contributed by atoms with van der Waals surface area (Å²) in [7, 11) is 0. The molecular weight excluding hydrogens is 320 g/mol. The molecule has 0 heterocycles. The number of nitrogens with one attached hydrogen (secondary N) is 1. The fourth-order valence-electron chi connectivity index (χ4n) is 1.86. The Labute approximate surface area is 138 Å². The SMILES string of the molecule is Cc1ccc([N+](=O)[O-])cc1NC(=O)[C@H](C)Oc1ccc(Cl)cc1. The number of anilines is 1. The minimum absolute atomic E-state index is 0.0860. The molecule has 1 atom stereocenters. The summed E-state index contributed by atoms with van der Waals surface area (Å²) in [5, 5.41) is 14.0. The van der Waals surface area contributed by atoms with Crippen LogP contribution in [-0.4, -0.2) is 16.9 Å². The maximum atomic E-state index is 12.2. The lowest BCUT2D eigenvalue weighted by Crippen LogP contribution is -2.30. The van der Waals surface area contributed by atoms with Gasteiger partial charge >= 0.3 is 0 Å². The first-order chi connectivity index (χ1) is 10.9. The van der Waals surface area contributed by atoms with E-state index in [0.717, 1.165) is 5.56 Å². The van der Waals surface area contributed by atoms with Crippen LogP contribution < -0.4 is 10.1 Å². The third-order valence-electron chi connectivity index (χ3n) is 3.19. The molecule has 0 aliphatic heterocycles. The van der Waals surface area contributed by atoms with Gasteiger partial charge in [0.2, 0.25) is 0 Å². The molecule has 2 rings (SSSR count). The van der Waals surface area contributed by atoms with E-state index in [1.54, 1.807) is 44.2 Å². The Bertz CT molecular complexity index is 731. The summed E-state index contributed by atoms with van der Waals surface area (Å²) in [4.78, 5) is 22.5. The first-order valence-corrected chi connectivity index (χ1v) is 7.23. The van der Waals surface area contributed by atoms with Gasteiger partial charge in [0, 0.05) is 17.2 Å². The van der Waals surface area contributed by atoms with Gasteiger partial charge in [0.05, 0.1) is 10.6 Å². The molecule has 0 aliphatic carbocycles. The van der Waals surface area contributed by atoms with Crippen molar-refractivity contribution in [2.45, 2.75) is 20.0 Å². The van der Waals surface area contributed by atoms with Crippen LogP contribution in [0.4, 0.5) is 11.4 Å². The number of rotatable bonds is 5. The van der Waals surface area contributed by atoms with E-state index in [-0.39, 0.29) is 5.69 Å². The monoisotopic (exact) mass is 334 g/mol. The van der Waals surface area contributed by atoms with E-state index in [1.807, 2.05) is 0 Å². The van der Waals surface area contributed by atoms with Crippen molar-refractivity contribution in [3.63, 3.8) is 0 Å². The molecule has 1 N–H and O–H groups in total. The van der Waals surface area contributed by atoms with E-state index in [2.05, 4.69) is 5.32 Å². The summed E-state index contributed by atoms with van der Waals surface area (Å²) in [5.41, 5.74) is 1.02. The first kappa shape index (κ1) is 16.8. The Morgan fingerprint density at radius 1 is 1.26 bits per heavy atom. The van der Waals surface area contributed by atoms with E-state index < -0.39 is 16.9 Å². The summed E-state index contributed by atoms with van der Waals surface area (Å²) in [6.07, 6.45) is -0.769. The Balaban J connectivity index is 2.07. The average molecular weight is 335 g/mol. The number of nitro benzene ring substituents is 1. The van der Waals surface area contributed by atoms with Gasteiger partial charge in [-0.3, -0.25) is 14.9 Å². The van der Waals surface area contributed by atoms with E-state index in [9.17, 15) is 14.9 Å². The Morgan fingerprint density at radius 2 is 1.91 bits per heavy atom. The number of amides is 1. The minimum Gasteiger partial charge on any atom is -0.481 e. The molecule has 0 aliphatic rings. The van der Waals surface area contributed by atoms with Gasteiger partial charge in [-0.25, -0.2) is 0 Å². The number of ether oxygens (including phenoxy) is 1. The van der Waals surface area contributed by atoms with Crippen LogP contribution in [0.2, 0.25) is 5.02 Å². The van der Waals surface area contributed by atoms with Crippen LogP contribution in [0.3, 0.4) is 0 Å². The number of carbonyl (C=O) groups is 1. The first-order valence-electron chi connectivity index (χ1n) is 6.85. The maximum absolute atomic E-state index is 12.2. The second-order valence-corrected chi connectivity index (χ2v) is 5.40. The largest absolute Gasteiger partial charge is 0.481 e. The molecule has 6 nitrogen and oxygen atoms in total. The van der Waals surface area contributed by atoms with Gasteiger partial charge in [-0.05, 0) is 43.7 Å². The van der Waals surface area contributed by atoms with E-state index in [1.165, 1.54) is 12.1 Å². The zero-order valence-corrected chi connectivity index (χ0v) is 13.3. The van der Waals surface area contributed by atoms with Crippen molar-refractivity contribution in [2.24, 2.45) is 0 Å². The van der Waals surface area contributed by atoms with Crippen LogP contribution in [0.25, 0.3) is 0 Å². The van der Waals surface area contributed by atoms with Crippen LogP contribution in [0.15, 0.2) is 42.5 Å². The second kappa shape index (κ2) is 7.11. The molecule has 1 amide bonds. The molecule has 0 bridgehead atoms. The fourth-order valence-corrected chi connectivity index (χ4v) is 1.99. The van der Waals surface area contributed by atoms with Crippen LogP contribution in [0, 0.1) is 17.0 Å². The molecule has 0 saturated heterocycles. The van der Waals surface area contributed by atoms with E-state index in [4.69, 9.17) is 16.3 Å². The predicted octanol–water partition coefficient (Wildman–Crippen LogP) is 3.96. The maximum Gasteiger partial charge on any atom is 0.271 e. The van der Waals surface area contributed by atoms with Crippen molar-refractivity contribution in [2.75, 3.05) is 5.32 Å². The number of hydrogen-bond donors (Lipinski definition) is 1. The van der Waals surface area contributed by atoms with E-state index >= 15 is 0 Å². The molecule has 7 heteroatoms. The van der Waals surface area contributed by atoms with Crippen molar-refractivity contribution < 1.29 is 14.5 Å². The lowest BCUT2D eigenvalue weighted by atomic mass is 10.1. The summed E-state index contributed by atoms with van der Waals surface area (Å²) in [5.74, 6) is 0.108. The van der Waals surface area contributed by atoms with Crippen molar-refractivity contribution in [3.05, 3.63) is 63.2 Å². The predicted molar refractivity (Wildman–Crippen MR) is 88.0 cm³/mol. The highest BCUT2D eigenvalue weighted by Gasteiger charge is 2.17. The normalized spacial score (nSPS) is 11.6. The minimum atomic E-state index is -0.769. The van der Waals surface area contributed by atoms with Gasteiger partial charge in [-0.1, -0.05) is 17.7 Å². The van der Waals surface area contributed by atoms with Gasteiger partial charge in [0.1, 0.15) is 5.75 Å². The Kier molecular flexibility index (Phi) is 5.18. The lowest BCUT2D eigenvalue weighted by molar-refractivity contribution is -0.384. The second-order valence-electron chi connectivity index (χ2n) is 4.96. The lowest BCUT2D eigenvalue weighted by Gasteiger charge is -2.15. The van der Waals surface area contributed by atoms with Gasteiger partial charge in [-0.15, -0.1) is 0 Å². The fraction of sp³-hybridized carbons (Fsp3) is 0.188. The highest BCUT2D eigenvalue weighted by atomic mass is 35.5. The highest BCUT2D eigenvalue weighted by Crippen LogP contribution is 2.22. The summed E-state index contributed by atoms with van der Waals surface area (Å²) < 4.78 is 5.52. The molecule has 0 radical (unpaired) electrons. The number of aryl methyl sites for hydroxylation is 1. The number of carbonyl (C=O) groups excluding carboxylic acids is 1. The molecule has 0 fully saturated rings. The molecule has 2 aromatic rings. The van der Waals surface area contributed by atoms with Gasteiger partial charge in [-0.2, -0.15) is 0 Å². The van der Waals surface area contributed by atoms with Crippen molar-refractivity contribution in [1.29, 1.82) is 0 Å². The molecule has 0 spiro atoms. The van der Waals surface area contributed by atoms with Crippen LogP contribution >= 0.6 is 11.6 Å². The molecule has 23 heavy (non-hydrogen) atoms. The van der Waals surface area contributed by atoms with Crippen molar-refractivity contribution in [3.8, 4) is 5.75 Å². The molecule has 2 aromatic carbocycles. The number of hydrogen-bond acceptors (Lipinski definition) is 4. The smallest absolute Gasteiger partial charge is 0.271 e. The number of halogens is 1. The zero-order chi connectivity index (χ0) is 17.0. The molecule has 120 valence electrons. The van der Waals surface area contributed by atoms with Gasteiger partial charge < -0.3 is 10.1 Å². The Hall–Kier alpha value is -2.60. The molecule has 0 unspecified atom stereocenters. The average Bonchev–Trinajstić information content (AvgIpc) is 2.51. The topological polar surface area (TPSA) is 81.5 Å². The third kappa shape index (κ3) is 4.43. The number of nitrogens with zero attached hydrogens (tertiary/aromatic N) is 1. The summed E-state index contributed by atoms with van der Waals surface area (Å²) in [6, 6.07) is 10.9. The number of non-ortho nitro benzene ring substituents is 1. The Morgan fingerprint density at radius 3 is 2.52 bits per heavy atom. The quantitative estimate of drug-likeness (QED) is 0.662. The van der Waals surface area contributed by atoms with Crippen LogP contribution in [-0.2, 0) is 4.79 Å². The van der Waals surface area contributed by atoms with Gasteiger partial charge in [0.25, 0.3) is 11.6 Å². The molecule has 0 saturated carbocycles. The number of nitro groups is 1. The highest BCUT2D eigenvalue weighted by molar-refractivity contribution is 6.30. The van der Waals surface area contributed by atoms with Crippen molar-refractivity contribution in [1.82, 2.24) is 0 Å². The molecular formula is C16H15ClN2O4.